The lowest BCUT2D eigenvalue weighted by Gasteiger charge is -2.13. The number of benzene rings is 2. The summed E-state index contributed by atoms with van der Waals surface area (Å²) in [5.41, 5.74) is 2.74. The monoisotopic (exact) mass is 382 g/mol. The highest BCUT2D eigenvalue weighted by molar-refractivity contribution is 6.14. The Balaban J connectivity index is 1.90. The number of aryl methyl sites for hydroxylation is 1. The molecule has 1 aliphatic rings. The van der Waals surface area contributed by atoms with Gasteiger partial charge < -0.3 is 19.5 Å². The molecular formula is C21H22N2O5. The Morgan fingerprint density at radius 2 is 1.54 bits per heavy atom. The van der Waals surface area contributed by atoms with Crippen LogP contribution < -0.4 is 19.5 Å². The van der Waals surface area contributed by atoms with Gasteiger partial charge in [-0.25, -0.2) is 4.79 Å². The van der Waals surface area contributed by atoms with Crippen molar-refractivity contribution in [3.8, 4) is 17.2 Å². The molecule has 1 heterocycles. The summed E-state index contributed by atoms with van der Waals surface area (Å²) < 4.78 is 15.9. The Hall–Kier alpha value is -3.48. The molecule has 2 aromatic rings. The van der Waals surface area contributed by atoms with Crippen molar-refractivity contribution in [1.82, 2.24) is 10.2 Å². The second kappa shape index (κ2) is 8.04. The topological polar surface area (TPSA) is 77.1 Å². The molecule has 2 aromatic carbocycles. The molecule has 3 rings (SSSR count). The number of nitrogens with zero attached hydrogens (tertiary/aromatic N) is 1. The summed E-state index contributed by atoms with van der Waals surface area (Å²) in [6.07, 6.45) is 1.57. The third-order valence-electron chi connectivity index (χ3n) is 4.46. The number of urea groups is 1. The van der Waals surface area contributed by atoms with Gasteiger partial charge in [-0.2, -0.15) is 0 Å². The van der Waals surface area contributed by atoms with Crippen LogP contribution >= 0.6 is 0 Å². The average Bonchev–Trinajstić information content (AvgIpc) is 2.96. The molecular weight excluding hydrogens is 360 g/mol. The molecule has 7 heteroatoms. The zero-order valence-corrected chi connectivity index (χ0v) is 16.2. The summed E-state index contributed by atoms with van der Waals surface area (Å²) in [5, 5.41) is 2.62. The molecule has 1 saturated heterocycles. The fraction of sp³-hybridized carbons (Fsp3) is 0.238. The van der Waals surface area contributed by atoms with E-state index < -0.39 is 11.9 Å². The van der Waals surface area contributed by atoms with Crippen molar-refractivity contribution < 1.29 is 23.8 Å². The molecule has 1 fully saturated rings. The molecule has 0 aromatic heterocycles. The minimum Gasteiger partial charge on any atom is -0.496 e. The Morgan fingerprint density at radius 1 is 0.929 bits per heavy atom. The number of methoxy groups -OCH3 is 3. The van der Waals surface area contributed by atoms with Gasteiger partial charge in [0.2, 0.25) is 0 Å². The van der Waals surface area contributed by atoms with E-state index in [1.54, 1.807) is 18.2 Å². The third kappa shape index (κ3) is 3.78. The van der Waals surface area contributed by atoms with Crippen LogP contribution in [-0.2, 0) is 11.3 Å². The minimum atomic E-state index is -0.462. The maximum Gasteiger partial charge on any atom is 0.329 e. The smallest absolute Gasteiger partial charge is 0.329 e. The van der Waals surface area contributed by atoms with Crippen LogP contribution in [0.1, 0.15) is 16.7 Å². The van der Waals surface area contributed by atoms with Crippen molar-refractivity contribution >= 4 is 18.0 Å². The highest BCUT2D eigenvalue weighted by atomic mass is 16.5. The number of rotatable bonds is 6. The van der Waals surface area contributed by atoms with Gasteiger partial charge in [0.15, 0.2) is 11.5 Å². The lowest BCUT2D eigenvalue weighted by molar-refractivity contribution is -0.123. The number of imide groups is 1. The highest BCUT2D eigenvalue weighted by Gasteiger charge is 2.33. The molecule has 146 valence electrons. The highest BCUT2D eigenvalue weighted by Crippen LogP contribution is 2.36. The summed E-state index contributed by atoms with van der Waals surface area (Å²) in [5.74, 6) is 1.08. The van der Waals surface area contributed by atoms with Crippen LogP contribution in [-0.4, -0.2) is 38.2 Å². The molecule has 0 spiro atoms. The molecule has 0 radical (unpaired) electrons. The van der Waals surface area contributed by atoms with E-state index in [9.17, 15) is 9.59 Å². The second-order valence-electron chi connectivity index (χ2n) is 6.31. The normalized spacial score (nSPS) is 15.0. The van der Waals surface area contributed by atoms with E-state index >= 15 is 0 Å². The number of ether oxygens (including phenoxy) is 3. The van der Waals surface area contributed by atoms with Gasteiger partial charge in [-0.3, -0.25) is 9.69 Å². The van der Waals surface area contributed by atoms with E-state index in [0.717, 1.165) is 11.1 Å². The van der Waals surface area contributed by atoms with Crippen LogP contribution in [0, 0.1) is 6.92 Å². The second-order valence-corrected chi connectivity index (χ2v) is 6.31. The van der Waals surface area contributed by atoms with Crippen molar-refractivity contribution in [3.63, 3.8) is 0 Å². The molecule has 0 saturated carbocycles. The van der Waals surface area contributed by atoms with E-state index in [1.165, 1.54) is 26.2 Å². The first kappa shape index (κ1) is 19.3. The number of carbonyl (C=O) groups is 2. The van der Waals surface area contributed by atoms with Gasteiger partial charge in [0.25, 0.3) is 5.91 Å². The number of carbonyl (C=O) groups excluding carboxylic acids is 2. The number of hydrogen-bond donors (Lipinski definition) is 1. The van der Waals surface area contributed by atoms with E-state index in [0.29, 0.717) is 22.8 Å². The fourth-order valence-corrected chi connectivity index (χ4v) is 2.91. The van der Waals surface area contributed by atoms with E-state index in [1.807, 2.05) is 31.2 Å². The molecule has 28 heavy (non-hydrogen) atoms. The molecule has 3 amide bonds. The van der Waals surface area contributed by atoms with Crippen LogP contribution in [0.25, 0.3) is 6.08 Å². The van der Waals surface area contributed by atoms with Gasteiger partial charge in [0.05, 0.1) is 27.9 Å². The van der Waals surface area contributed by atoms with Crippen molar-refractivity contribution in [1.29, 1.82) is 0 Å². The van der Waals surface area contributed by atoms with Gasteiger partial charge >= 0.3 is 6.03 Å². The molecule has 0 atom stereocenters. The van der Waals surface area contributed by atoms with Crippen molar-refractivity contribution in [2.24, 2.45) is 0 Å². The summed E-state index contributed by atoms with van der Waals surface area (Å²) in [4.78, 5) is 26.2. The zero-order valence-electron chi connectivity index (χ0n) is 16.2. The first-order valence-electron chi connectivity index (χ1n) is 8.67. The SMILES string of the molecule is COc1cc(OC)c(OC)cc1/C=C1/NC(=O)N(Cc2ccc(C)cc2)C1=O. The van der Waals surface area contributed by atoms with Crippen molar-refractivity contribution in [2.45, 2.75) is 13.5 Å². The quantitative estimate of drug-likeness (QED) is 0.614. The predicted molar refractivity (Wildman–Crippen MR) is 104 cm³/mol. The average molecular weight is 382 g/mol. The van der Waals surface area contributed by atoms with Crippen LogP contribution in [0.15, 0.2) is 42.1 Å². The molecule has 0 bridgehead atoms. The van der Waals surface area contributed by atoms with Gasteiger partial charge in [-0.05, 0) is 24.6 Å². The number of amides is 3. The Morgan fingerprint density at radius 3 is 2.14 bits per heavy atom. The largest absolute Gasteiger partial charge is 0.496 e. The first-order chi connectivity index (χ1) is 13.5. The summed E-state index contributed by atoms with van der Waals surface area (Å²) in [7, 11) is 4.56. The van der Waals surface area contributed by atoms with Gasteiger partial charge in [-0.15, -0.1) is 0 Å². The predicted octanol–water partition coefficient (Wildman–Crippen LogP) is 3.11. The van der Waals surface area contributed by atoms with Gasteiger partial charge in [-0.1, -0.05) is 29.8 Å². The first-order valence-corrected chi connectivity index (χ1v) is 8.67. The summed E-state index contributed by atoms with van der Waals surface area (Å²) in [6.45, 7) is 2.18. The van der Waals surface area contributed by atoms with Crippen LogP contribution in [0.4, 0.5) is 4.79 Å². The maximum atomic E-state index is 12.7. The minimum absolute atomic E-state index is 0.169. The standard InChI is InChI=1S/C21H22N2O5/c1-13-5-7-14(8-6-13)12-23-20(24)16(22-21(23)25)9-15-10-18(27-3)19(28-4)11-17(15)26-2/h5-11H,12H2,1-4H3,(H,22,25)/b16-9+. The Labute approximate surface area is 163 Å². The third-order valence-corrected chi connectivity index (χ3v) is 4.46. The van der Waals surface area contributed by atoms with Crippen LogP contribution in [0.3, 0.4) is 0 Å². The number of nitrogens with one attached hydrogen (secondary N) is 1. The number of hydrogen-bond acceptors (Lipinski definition) is 5. The molecule has 0 unspecified atom stereocenters. The summed E-state index contributed by atoms with van der Waals surface area (Å²) in [6, 6.07) is 10.6. The van der Waals surface area contributed by atoms with Crippen molar-refractivity contribution in [3.05, 3.63) is 58.8 Å². The Kier molecular flexibility index (Phi) is 5.54. The van der Waals surface area contributed by atoms with Crippen LogP contribution in [0.5, 0.6) is 17.2 Å². The van der Waals surface area contributed by atoms with E-state index in [2.05, 4.69) is 5.32 Å². The molecule has 1 aliphatic heterocycles. The van der Waals surface area contributed by atoms with Gasteiger partial charge in [0, 0.05) is 11.6 Å². The lowest BCUT2D eigenvalue weighted by Crippen LogP contribution is -2.30. The zero-order chi connectivity index (χ0) is 20.3. The summed E-state index contributed by atoms with van der Waals surface area (Å²) >= 11 is 0. The van der Waals surface area contributed by atoms with E-state index in [-0.39, 0.29) is 12.2 Å². The molecule has 0 aliphatic carbocycles. The maximum absolute atomic E-state index is 12.7. The van der Waals surface area contributed by atoms with E-state index in [4.69, 9.17) is 14.2 Å². The van der Waals surface area contributed by atoms with Crippen molar-refractivity contribution in [2.75, 3.05) is 21.3 Å². The molecule has 1 N–H and O–H groups in total. The van der Waals surface area contributed by atoms with Gasteiger partial charge in [0.1, 0.15) is 11.4 Å². The Bertz CT molecular complexity index is 935. The van der Waals surface area contributed by atoms with Crippen LogP contribution in [0.2, 0.25) is 0 Å². The molecule has 7 nitrogen and oxygen atoms in total. The lowest BCUT2D eigenvalue weighted by atomic mass is 10.1. The fourth-order valence-electron chi connectivity index (χ4n) is 2.91.